The van der Waals surface area contributed by atoms with Crippen molar-refractivity contribution >= 4 is 11.3 Å². The van der Waals surface area contributed by atoms with Crippen LogP contribution in [0, 0.1) is 6.92 Å². The highest BCUT2D eigenvalue weighted by atomic mass is 32.1. The monoisotopic (exact) mass is 250 g/mol. The minimum absolute atomic E-state index is 0.0118. The first-order valence-corrected chi connectivity index (χ1v) is 6.57. The van der Waals surface area contributed by atoms with Crippen molar-refractivity contribution in [3.8, 4) is 0 Å². The van der Waals surface area contributed by atoms with Crippen LogP contribution in [0.25, 0.3) is 0 Å². The molecule has 92 valence electrons. The van der Waals surface area contributed by atoms with Crippen molar-refractivity contribution in [1.29, 1.82) is 0 Å². The summed E-state index contributed by atoms with van der Waals surface area (Å²) in [4.78, 5) is 1.29. The Balaban J connectivity index is 2.37. The molecule has 0 aromatic carbocycles. The van der Waals surface area contributed by atoms with Crippen LogP contribution in [0.2, 0.25) is 0 Å². The first-order chi connectivity index (χ1) is 8.15. The Kier molecular flexibility index (Phi) is 3.61. The van der Waals surface area contributed by atoms with E-state index < -0.39 is 0 Å². The summed E-state index contributed by atoms with van der Waals surface area (Å²) in [6.45, 7) is 4.20. The maximum Gasteiger partial charge on any atom is 0.0886 e. The van der Waals surface area contributed by atoms with Gasteiger partial charge in [0.25, 0.3) is 0 Å². The van der Waals surface area contributed by atoms with E-state index in [1.165, 1.54) is 10.4 Å². The minimum atomic E-state index is 0.0118. The van der Waals surface area contributed by atoms with Crippen molar-refractivity contribution in [2.75, 3.05) is 0 Å². The number of nitrogens with one attached hydrogen (secondary N) is 1. The first-order valence-electron chi connectivity index (χ1n) is 5.69. The van der Waals surface area contributed by atoms with Gasteiger partial charge in [0.05, 0.1) is 17.4 Å². The fourth-order valence-corrected chi connectivity index (χ4v) is 2.68. The highest BCUT2D eigenvalue weighted by Gasteiger charge is 2.18. The Morgan fingerprint density at radius 1 is 1.53 bits per heavy atom. The van der Waals surface area contributed by atoms with Gasteiger partial charge in [-0.25, -0.2) is 5.43 Å². The molecule has 2 aromatic rings. The van der Waals surface area contributed by atoms with Gasteiger partial charge in [0.2, 0.25) is 0 Å². The Morgan fingerprint density at radius 3 is 2.76 bits per heavy atom. The van der Waals surface area contributed by atoms with Crippen LogP contribution in [0.1, 0.15) is 34.8 Å². The number of hydrogen-bond donors (Lipinski definition) is 2. The van der Waals surface area contributed by atoms with Gasteiger partial charge < -0.3 is 0 Å². The van der Waals surface area contributed by atoms with Crippen LogP contribution in [-0.4, -0.2) is 9.78 Å². The van der Waals surface area contributed by atoms with Gasteiger partial charge in [-0.05, 0) is 36.4 Å². The third-order valence-corrected chi connectivity index (χ3v) is 3.76. The Morgan fingerprint density at radius 2 is 2.29 bits per heavy atom. The van der Waals surface area contributed by atoms with Crippen molar-refractivity contribution < 1.29 is 0 Å². The predicted molar refractivity (Wildman–Crippen MR) is 70.8 cm³/mol. The van der Waals surface area contributed by atoms with E-state index in [4.69, 9.17) is 5.84 Å². The molecule has 2 heterocycles. The largest absolute Gasteiger partial charge is 0.271 e. The van der Waals surface area contributed by atoms with Crippen LogP contribution < -0.4 is 11.3 Å². The van der Waals surface area contributed by atoms with Gasteiger partial charge in [-0.3, -0.25) is 10.5 Å². The number of hydrazine groups is 1. The van der Waals surface area contributed by atoms with Gasteiger partial charge in [0, 0.05) is 11.9 Å². The van der Waals surface area contributed by atoms with Crippen LogP contribution >= 0.6 is 11.3 Å². The Hall–Kier alpha value is -1.17. The number of thiophene rings is 1. The molecule has 3 N–H and O–H groups in total. The maximum absolute atomic E-state index is 5.68. The molecule has 0 aliphatic carbocycles. The topological polar surface area (TPSA) is 55.9 Å². The number of aryl methyl sites for hydroxylation is 3. The second-order valence-corrected chi connectivity index (χ2v) is 5.24. The molecule has 0 spiro atoms. The zero-order chi connectivity index (χ0) is 12.4. The number of aromatic nitrogens is 2. The molecule has 0 bridgehead atoms. The van der Waals surface area contributed by atoms with Crippen LogP contribution in [0.5, 0.6) is 0 Å². The SMILES string of the molecule is CCc1cc(C(NN)c2csc(C)c2)n(C)n1. The molecule has 0 amide bonds. The average Bonchev–Trinajstić information content (AvgIpc) is 2.88. The lowest BCUT2D eigenvalue weighted by molar-refractivity contribution is 0.575. The Bertz CT molecular complexity index is 500. The summed E-state index contributed by atoms with van der Waals surface area (Å²) in [6, 6.07) is 4.28. The first kappa shape index (κ1) is 12.3. The molecule has 17 heavy (non-hydrogen) atoms. The normalized spacial score (nSPS) is 12.9. The van der Waals surface area contributed by atoms with Gasteiger partial charge >= 0.3 is 0 Å². The Labute approximate surface area is 105 Å². The van der Waals surface area contributed by atoms with E-state index in [0.29, 0.717) is 0 Å². The average molecular weight is 250 g/mol. The van der Waals surface area contributed by atoms with E-state index in [1.54, 1.807) is 11.3 Å². The van der Waals surface area contributed by atoms with Crippen molar-refractivity contribution in [3.63, 3.8) is 0 Å². The fraction of sp³-hybridized carbons (Fsp3) is 0.417. The molecule has 0 saturated carbocycles. The van der Waals surface area contributed by atoms with Crippen LogP contribution in [-0.2, 0) is 13.5 Å². The smallest absolute Gasteiger partial charge is 0.0886 e. The van der Waals surface area contributed by atoms with Crippen molar-refractivity contribution in [2.45, 2.75) is 26.3 Å². The molecule has 0 radical (unpaired) electrons. The van der Waals surface area contributed by atoms with E-state index in [2.05, 4.69) is 41.9 Å². The quantitative estimate of drug-likeness (QED) is 0.644. The molecule has 1 atom stereocenters. The lowest BCUT2D eigenvalue weighted by atomic mass is 10.1. The minimum Gasteiger partial charge on any atom is -0.271 e. The van der Waals surface area contributed by atoms with E-state index in [0.717, 1.165) is 17.8 Å². The van der Waals surface area contributed by atoms with Crippen molar-refractivity contribution in [2.24, 2.45) is 12.9 Å². The second kappa shape index (κ2) is 5.00. The van der Waals surface area contributed by atoms with Crippen LogP contribution in [0.3, 0.4) is 0 Å². The fourth-order valence-electron chi connectivity index (χ4n) is 1.95. The van der Waals surface area contributed by atoms with Crippen molar-refractivity contribution in [3.05, 3.63) is 39.3 Å². The molecule has 2 rings (SSSR count). The molecule has 0 fully saturated rings. The maximum atomic E-state index is 5.68. The molecule has 0 aliphatic rings. The summed E-state index contributed by atoms with van der Waals surface area (Å²) in [5.74, 6) is 5.68. The van der Waals surface area contributed by atoms with Crippen molar-refractivity contribution in [1.82, 2.24) is 15.2 Å². The number of rotatable bonds is 4. The third-order valence-electron chi connectivity index (χ3n) is 2.88. The molecule has 4 nitrogen and oxygen atoms in total. The van der Waals surface area contributed by atoms with Crippen LogP contribution in [0.4, 0.5) is 0 Å². The van der Waals surface area contributed by atoms with E-state index >= 15 is 0 Å². The highest BCUT2D eigenvalue weighted by Crippen LogP contribution is 2.25. The van der Waals surface area contributed by atoms with E-state index in [-0.39, 0.29) is 6.04 Å². The number of nitrogens with zero attached hydrogens (tertiary/aromatic N) is 2. The summed E-state index contributed by atoms with van der Waals surface area (Å²) >= 11 is 1.74. The second-order valence-electron chi connectivity index (χ2n) is 4.13. The molecule has 2 aromatic heterocycles. The van der Waals surface area contributed by atoms with Gasteiger partial charge in [0.15, 0.2) is 0 Å². The molecular formula is C12H18N4S. The zero-order valence-electron chi connectivity index (χ0n) is 10.4. The van der Waals surface area contributed by atoms with E-state index in [1.807, 2.05) is 11.7 Å². The number of hydrogen-bond acceptors (Lipinski definition) is 4. The van der Waals surface area contributed by atoms with E-state index in [9.17, 15) is 0 Å². The van der Waals surface area contributed by atoms with Gasteiger partial charge in [-0.15, -0.1) is 11.3 Å². The van der Waals surface area contributed by atoms with Gasteiger partial charge in [-0.1, -0.05) is 6.92 Å². The number of nitrogens with two attached hydrogens (primary N) is 1. The summed E-state index contributed by atoms with van der Waals surface area (Å²) in [7, 11) is 1.96. The molecular weight excluding hydrogens is 232 g/mol. The highest BCUT2D eigenvalue weighted by molar-refractivity contribution is 7.10. The third kappa shape index (κ3) is 2.41. The molecule has 1 unspecified atom stereocenters. The summed E-state index contributed by atoms with van der Waals surface area (Å²) in [5.41, 5.74) is 6.26. The lowest BCUT2D eigenvalue weighted by Gasteiger charge is -2.14. The summed E-state index contributed by atoms with van der Waals surface area (Å²) in [5, 5.41) is 6.59. The molecule has 0 saturated heterocycles. The predicted octanol–water partition coefficient (Wildman–Crippen LogP) is 1.91. The standard InChI is InChI=1S/C12H18N4S/c1-4-10-6-11(16(3)15-10)12(14-13)9-5-8(2)17-7-9/h5-7,12,14H,4,13H2,1-3H3. The van der Waals surface area contributed by atoms with Gasteiger partial charge in [-0.2, -0.15) is 5.10 Å². The summed E-state index contributed by atoms with van der Waals surface area (Å²) in [6.07, 6.45) is 0.938. The zero-order valence-corrected chi connectivity index (χ0v) is 11.2. The van der Waals surface area contributed by atoms with Gasteiger partial charge in [0.1, 0.15) is 0 Å². The lowest BCUT2D eigenvalue weighted by Crippen LogP contribution is -2.30. The summed E-state index contributed by atoms with van der Waals surface area (Å²) < 4.78 is 1.90. The molecule has 5 heteroatoms. The molecule has 0 aliphatic heterocycles. The van der Waals surface area contributed by atoms with Crippen LogP contribution in [0.15, 0.2) is 17.5 Å².